The lowest BCUT2D eigenvalue weighted by Gasteiger charge is -2.16. The number of ether oxygens (including phenoxy) is 1. The molecule has 1 nitrogen and oxygen atoms in total. The second-order valence-corrected chi connectivity index (χ2v) is 5.60. The minimum absolute atomic E-state index is 0.216. The van der Waals surface area contributed by atoms with Crippen LogP contribution in [0.3, 0.4) is 0 Å². The van der Waals surface area contributed by atoms with Gasteiger partial charge in [0.2, 0.25) is 0 Å². The second kappa shape index (κ2) is 5.93. The molecule has 1 atom stereocenters. The van der Waals surface area contributed by atoms with Crippen molar-refractivity contribution in [1.29, 1.82) is 0 Å². The quantitative estimate of drug-likeness (QED) is 0.689. The SMILES string of the molecule is COc1ccc(F)cc1C(Br)c1ccc(C)cc1Cl. The molecule has 0 saturated heterocycles. The smallest absolute Gasteiger partial charge is 0.123 e. The number of rotatable bonds is 3. The maximum Gasteiger partial charge on any atom is 0.123 e. The molecular formula is C15H13BrClFO. The molecule has 1 unspecified atom stereocenters. The van der Waals surface area contributed by atoms with Crippen LogP contribution in [0.15, 0.2) is 36.4 Å². The Kier molecular flexibility index (Phi) is 4.48. The Balaban J connectivity index is 2.49. The fourth-order valence-corrected chi connectivity index (χ4v) is 3.14. The van der Waals surface area contributed by atoms with Crippen molar-refractivity contribution in [3.63, 3.8) is 0 Å². The van der Waals surface area contributed by atoms with E-state index in [-0.39, 0.29) is 10.6 Å². The van der Waals surface area contributed by atoms with Crippen LogP contribution >= 0.6 is 27.5 Å². The van der Waals surface area contributed by atoms with Crippen LogP contribution in [0.2, 0.25) is 5.02 Å². The highest BCUT2D eigenvalue weighted by Crippen LogP contribution is 2.39. The first-order valence-electron chi connectivity index (χ1n) is 5.76. The zero-order chi connectivity index (χ0) is 14.0. The standard InChI is InChI=1S/C15H13BrClFO/c1-9-3-5-11(13(17)7-9)15(16)12-8-10(18)4-6-14(12)19-2/h3-8,15H,1-2H3. The summed E-state index contributed by atoms with van der Waals surface area (Å²) in [5, 5.41) is 0.646. The number of alkyl halides is 1. The van der Waals surface area contributed by atoms with E-state index in [9.17, 15) is 4.39 Å². The molecule has 100 valence electrons. The summed E-state index contributed by atoms with van der Waals surface area (Å²) < 4.78 is 18.7. The highest BCUT2D eigenvalue weighted by Gasteiger charge is 2.18. The van der Waals surface area contributed by atoms with Gasteiger partial charge >= 0.3 is 0 Å². The minimum Gasteiger partial charge on any atom is -0.496 e. The molecule has 0 heterocycles. The van der Waals surface area contributed by atoms with E-state index < -0.39 is 0 Å². The molecule has 0 N–H and O–H groups in total. The van der Waals surface area contributed by atoms with Gasteiger partial charge in [-0.15, -0.1) is 0 Å². The summed E-state index contributed by atoms with van der Waals surface area (Å²) in [6.07, 6.45) is 0. The maximum atomic E-state index is 13.4. The number of hydrogen-bond donors (Lipinski definition) is 0. The predicted molar refractivity (Wildman–Crippen MR) is 79.9 cm³/mol. The normalized spacial score (nSPS) is 12.3. The lowest BCUT2D eigenvalue weighted by atomic mass is 10.0. The molecule has 0 aliphatic rings. The van der Waals surface area contributed by atoms with E-state index >= 15 is 0 Å². The molecule has 2 aromatic carbocycles. The molecule has 0 aromatic heterocycles. The van der Waals surface area contributed by atoms with Gasteiger partial charge < -0.3 is 4.74 Å². The summed E-state index contributed by atoms with van der Waals surface area (Å²) in [5.41, 5.74) is 2.68. The Hall–Kier alpha value is -1.06. The minimum atomic E-state index is -0.302. The van der Waals surface area contributed by atoms with Crippen molar-refractivity contribution in [2.24, 2.45) is 0 Å². The number of benzene rings is 2. The summed E-state index contributed by atoms with van der Waals surface area (Å²) in [4.78, 5) is -0.216. The van der Waals surface area contributed by atoms with E-state index in [0.29, 0.717) is 16.3 Å². The summed E-state index contributed by atoms with van der Waals surface area (Å²) >= 11 is 9.81. The Morgan fingerprint density at radius 2 is 1.89 bits per heavy atom. The molecule has 0 spiro atoms. The lowest BCUT2D eigenvalue weighted by molar-refractivity contribution is 0.409. The van der Waals surface area contributed by atoms with Crippen LogP contribution in [0, 0.1) is 12.7 Å². The summed E-state index contributed by atoms with van der Waals surface area (Å²) in [5.74, 6) is 0.323. The Morgan fingerprint density at radius 1 is 1.16 bits per heavy atom. The summed E-state index contributed by atoms with van der Waals surface area (Å²) in [6, 6.07) is 10.2. The Labute approximate surface area is 125 Å². The van der Waals surface area contributed by atoms with Gasteiger partial charge in [-0.2, -0.15) is 0 Å². The van der Waals surface area contributed by atoms with Gasteiger partial charge in [0.1, 0.15) is 11.6 Å². The van der Waals surface area contributed by atoms with E-state index in [1.54, 1.807) is 13.2 Å². The van der Waals surface area contributed by atoms with Crippen molar-refractivity contribution in [3.05, 3.63) is 63.9 Å². The third-order valence-corrected chi connectivity index (χ3v) is 4.21. The molecule has 0 aliphatic carbocycles. The van der Waals surface area contributed by atoms with Crippen molar-refractivity contribution in [3.8, 4) is 5.75 Å². The van der Waals surface area contributed by atoms with Crippen LogP contribution in [-0.4, -0.2) is 7.11 Å². The molecule has 0 aliphatic heterocycles. The maximum absolute atomic E-state index is 13.4. The molecule has 0 amide bonds. The third kappa shape index (κ3) is 3.10. The Bertz CT molecular complexity index is 601. The first kappa shape index (κ1) is 14.4. The number of methoxy groups -OCH3 is 1. The van der Waals surface area contributed by atoms with E-state index in [2.05, 4.69) is 15.9 Å². The highest BCUT2D eigenvalue weighted by atomic mass is 79.9. The molecule has 0 bridgehead atoms. The van der Waals surface area contributed by atoms with E-state index in [1.807, 2.05) is 25.1 Å². The first-order chi connectivity index (χ1) is 9.02. The van der Waals surface area contributed by atoms with Crippen molar-refractivity contribution in [2.75, 3.05) is 7.11 Å². The van der Waals surface area contributed by atoms with Crippen molar-refractivity contribution in [1.82, 2.24) is 0 Å². The second-order valence-electron chi connectivity index (χ2n) is 4.27. The molecule has 0 saturated carbocycles. The number of aryl methyl sites for hydroxylation is 1. The van der Waals surface area contributed by atoms with Crippen molar-refractivity contribution < 1.29 is 9.13 Å². The largest absolute Gasteiger partial charge is 0.496 e. The zero-order valence-electron chi connectivity index (χ0n) is 10.6. The van der Waals surface area contributed by atoms with E-state index in [1.165, 1.54) is 12.1 Å². The lowest BCUT2D eigenvalue weighted by Crippen LogP contribution is -1.99. The van der Waals surface area contributed by atoms with Gasteiger partial charge in [-0.25, -0.2) is 4.39 Å². The number of halogens is 3. The molecule has 19 heavy (non-hydrogen) atoms. The highest BCUT2D eigenvalue weighted by molar-refractivity contribution is 9.09. The van der Waals surface area contributed by atoms with Gasteiger partial charge in [0.15, 0.2) is 0 Å². The molecule has 4 heteroatoms. The first-order valence-corrected chi connectivity index (χ1v) is 7.06. The van der Waals surface area contributed by atoms with Gasteiger partial charge in [-0.3, -0.25) is 0 Å². The molecular weight excluding hydrogens is 331 g/mol. The van der Waals surface area contributed by atoms with Gasteiger partial charge in [-0.1, -0.05) is 39.7 Å². The summed E-state index contributed by atoms with van der Waals surface area (Å²) in [6.45, 7) is 1.97. The topological polar surface area (TPSA) is 9.23 Å². The summed E-state index contributed by atoms with van der Waals surface area (Å²) in [7, 11) is 1.56. The van der Waals surface area contributed by atoms with Crippen molar-refractivity contribution >= 4 is 27.5 Å². The molecule has 2 aromatic rings. The van der Waals surface area contributed by atoms with Gasteiger partial charge in [-0.05, 0) is 42.3 Å². The van der Waals surface area contributed by atoms with Crippen LogP contribution in [-0.2, 0) is 0 Å². The van der Waals surface area contributed by atoms with Gasteiger partial charge in [0.25, 0.3) is 0 Å². The number of hydrogen-bond acceptors (Lipinski definition) is 1. The fourth-order valence-electron chi connectivity index (χ4n) is 1.91. The van der Waals surface area contributed by atoms with E-state index in [4.69, 9.17) is 16.3 Å². The molecule has 2 rings (SSSR count). The zero-order valence-corrected chi connectivity index (χ0v) is 12.9. The predicted octanol–water partition coefficient (Wildman–Crippen LogP) is 5.28. The Morgan fingerprint density at radius 3 is 2.53 bits per heavy atom. The third-order valence-electron chi connectivity index (χ3n) is 2.89. The van der Waals surface area contributed by atoms with Crippen LogP contribution in [0.25, 0.3) is 0 Å². The van der Waals surface area contributed by atoms with Crippen LogP contribution in [0.1, 0.15) is 21.5 Å². The van der Waals surface area contributed by atoms with E-state index in [0.717, 1.165) is 11.1 Å². The average molecular weight is 344 g/mol. The van der Waals surface area contributed by atoms with Gasteiger partial charge in [0.05, 0.1) is 11.9 Å². The van der Waals surface area contributed by atoms with Crippen LogP contribution < -0.4 is 4.74 Å². The molecule has 0 radical (unpaired) electrons. The van der Waals surface area contributed by atoms with Crippen LogP contribution in [0.4, 0.5) is 4.39 Å². The average Bonchev–Trinajstić information content (AvgIpc) is 2.38. The molecule has 0 fully saturated rings. The van der Waals surface area contributed by atoms with Gasteiger partial charge in [0, 0.05) is 10.6 Å². The van der Waals surface area contributed by atoms with Crippen molar-refractivity contribution in [2.45, 2.75) is 11.8 Å². The van der Waals surface area contributed by atoms with Crippen LogP contribution in [0.5, 0.6) is 5.75 Å². The fraction of sp³-hybridized carbons (Fsp3) is 0.200. The monoisotopic (exact) mass is 342 g/mol.